The van der Waals surface area contributed by atoms with Crippen LogP contribution in [0.3, 0.4) is 0 Å². The first-order valence-corrected chi connectivity index (χ1v) is 7.20. The molecule has 0 aliphatic carbocycles. The summed E-state index contributed by atoms with van der Waals surface area (Å²) in [6.45, 7) is 2.28. The van der Waals surface area contributed by atoms with Gasteiger partial charge in [0.05, 0.1) is 21.3 Å². The molecule has 2 rings (SSSR count). The van der Waals surface area contributed by atoms with Gasteiger partial charge in [0, 0.05) is 12.1 Å². The van der Waals surface area contributed by atoms with E-state index in [4.69, 9.17) is 14.2 Å². The Bertz CT molecular complexity index is 654. The zero-order valence-electron chi connectivity index (χ0n) is 13.6. The van der Waals surface area contributed by atoms with E-state index in [1.807, 2.05) is 6.92 Å². The standard InChI is InChI=1S/C16H20N2O5/c1-5-8-18-15(19)11(17-16(18)20)9-10-6-7-12(21-2)14(23-4)13(10)22-3/h6-7,9H,5,8H2,1-4H3,(H,17,20)/b11-9+. The van der Waals surface area contributed by atoms with Crippen LogP contribution in [-0.2, 0) is 4.79 Å². The fraction of sp³-hybridized carbons (Fsp3) is 0.375. The van der Waals surface area contributed by atoms with Crippen LogP contribution in [0, 0.1) is 0 Å². The molecule has 7 nitrogen and oxygen atoms in total. The van der Waals surface area contributed by atoms with Gasteiger partial charge in [-0.2, -0.15) is 0 Å². The highest BCUT2D eigenvalue weighted by atomic mass is 16.5. The molecule has 0 saturated carbocycles. The SMILES string of the molecule is CCCN1C(=O)N/C(=C/c2ccc(OC)c(OC)c2OC)C1=O. The lowest BCUT2D eigenvalue weighted by Crippen LogP contribution is -2.31. The zero-order valence-corrected chi connectivity index (χ0v) is 13.6. The second-order valence-corrected chi connectivity index (χ2v) is 4.87. The van der Waals surface area contributed by atoms with Gasteiger partial charge >= 0.3 is 6.03 Å². The van der Waals surface area contributed by atoms with E-state index in [0.717, 1.165) is 0 Å². The first kappa shape index (κ1) is 16.7. The summed E-state index contributed by atoms with van der Waals surface area (Å²) in [5.41, 5.74) is 0.807. The molecule has 0 spiro atoms. The summed E-state index contributed by atoms with van der Waals surface area (Å²) in [6.07, 6.45) is 2.27. The Labute approximate surface area is 134 Å². The minimum absolute atomic E-state index is 0.203. The van der Waals surface area contributed by atoms with Gasteiger partial charge in [0.2, 0.25) is 5.75 Å². The molecule has 1 fully saturated rings. The molecule has 0 unspecified atom stereocenters. The smallest absolute Gasteiger partial charge is 0.329 e. The third-order valence-corrected chi connectivity index (χ3v) is 3.44. The van der Waals surface area contributed by atoms with Crippen molar-refractivity contribution >= 4 is 18.0 Å². The molecule has 124 valence electrons. The molecule has 0 bridgehead atoms. The highest BCUT2D eigenvalue weighted by molar-refractivity contribution is 6.14. The molecule has 1 aliphatic rings. The minimum atomic E-state index is -0.414. The molecule has 0 radical (unpaired) electrons. The molecule has 7 heteroatoms. The molecule has 1 aliphatic heterocycles. The monoisotopic (exact) mass is 320 g/mol. The number of urea groups is 1. The van der Waals surface area contributed by atoms with Crippen LogP contribution in [0.25, 0.3) is 6.08 Å². The van der Waals surface area contributed by atoms with Crippen molar-refractivity contribution in [2.24, 2.45) is 0 Å². The van der Waals surface area contributed by atoms with Crippen molar-refractivity contribution in [3.63, 3.8) is 0 Å². The predicted molar refractivity (Wildman–Crippen MR) is 84.6 cm³/mol. The van der Waals surface area contributed by atoms with Gasteiger partial charge < -0.3 is 19.5 Å². The van der Waals surface area contributed by atoms with Gasteiger partial charge in [-0.15, -0.1) is 0 Å². The van der Waals surface area contributed by atoms with E-state index in [9.17, 15) is 9.59 Å². The lowest BCUT2D eigenvalue weighted by atomic mass is 10.1. The third kappa shape index (κ3) is 3.08. The molecular formula is C16H20N2O5. The van der Waals surface area contributed by atoms with E-state index in [2.05, 4.69) is 5.32 Å². The largest absolute Gasteiger partial charge is 0.493 e. The van der Waals surface area contributed by atoms with Gasteiger partial charge in [-0.1, -0.05) is 6.92 Å². The van der Waals surface area contributed by atoms with Crippen LogP contribution in [0.5, 0.6) is 17.2 Å². The van der Waals surface area contributed by atoms with Crippen molar-refractivity contribution in [2.75, 3.05) is 27.9 Å². The molecule has 23 heavy (non-hydrogen) atoms. The fourth-order valence-electron chi connectivity index (χ4n) is 2.39. The van der Waals surface area contributed by atoms with Gasteiger partial charge in [-0.05, 0) is 24.6 Å². The lowest BCUT2D eigenvalue weighted by molar-refractivity contribution is -0.122. The molecule has 1 heterocycles. The number of benzene rings is 1. The van der Waals surface area contributed by atoms with Crippen LogP contribution < -0.4 is 19.5 Å². The molecule has 1 aromatic carbocycles. The van der Waals surface area contributed by atoms with Crippen LogP contribution in [-0.4, -0.2) is 44.7 Å². The molecule has 0 aromatic heterocycles. The van der Waals surface area contributed by atoms with E-state index >= 15 is 0 Å². The Hall–Kier alpha value is -2.70. The average Bonchev–Trinajstić information content (AvgIpc) is 2.82. The summed E-state index contributed by atoms with van der Waals surface area (Å²) in [4.78, 5) is 25.3. The maximum Gasteiger partial charge on any atom is 0.329 e. The van der Waals surface area contributed by atoms with Gasteiger partial charge in [0.15, 0.2) is 11.5 Å². The minimum Gasteiger partial charge on any atom is -0.493 e. The Morgan fingerprint density at radius 2 is 1.78 bits per heavy atom. The molecular weight excluding hydrogens is 300 g/mol. The number of nitrogens with zero attached hydrogens (tertiary/aromatic N) is 1. The number of ether oxygens (including phenoxy) is 3. The Morgan fingerprint density at radius 1 is 1.09 bits per heavy atom. The quantitative estimate of drug-likeness (QED) is 0.641. The number of amides is 3. The molecule has 1 aromatic rings. The van der Waals surface area contributed by atoms with Crippen LogP contribution >= 0.6 is 0 Å². The number of carbonyl (C=O) groups is 2. The molecule has 1 N–H and O–H groups in total. The second-order valence-electron chi connectivity index (χ2n) is 4.87. The summed E-state index contributed by atoms with van der Waals surface area (Å²) in [5.74, 6) is 1.01. The first-order valence-electron chi connectivity index (χ1n) is 7.20. The van der Waals surface area contributed by atoms with Crippen molar-refractivity contribution in [1.29, 1.82) is 0 Å². The Morgan fingerprint density at radius 3 is 2.35 bits per heavy atom. The van der Waals surface area contributed by atoms with Crippen LogP contribution in [0.1, 0.15) is 18.9 Å². The molecule has 1 saturated heterocycles. The van der Waals surface area contributed by atoms with E-state index in [-0.39, 0.29) is 11.6 Å². The number of hydrogen-bond acceptors (Lipinski definition) is 5. The number of hydrogen-bond donors (Lipinski definition) is 1. The van der Waals surface area contributed by atoms with Crippen LogP contribution in [0.15, 0.2) is 17.8 Å². The Kier molecular flexibility index (Phi) is 5.10. The predicted octanol–water partition coefficient (Wildman–Crippen LogP) is 2.02. The zero-order chi connectivity index (χ0) is 17.0. The highest BCUT2D eigenvalue weighted by Gasteiger charge is 2.33. The van der Waals surface area contributed by atoms with E-state index < -0.39 is 6.03 Å². The summed E-state index contributed by atoms with van der Waals surface area (Å²) >= 11 is 0. The fourth-order valence-corrected chi connectivity index (χ4v) is 2.39. The summed E-state index contributed by atoms with van der Waals surface area (Å²) in [6, 6.07) is 3.02. The summed E-state index contributed by atoms with van der Waals surface area (Å²) in [5, 5.41) is 2.58. The maximum absolute atomic E-state index is 12.3. The van der Waals surface area contributed by atoms with E-state index in [1.54, 1.807) is 18.2 Å². The van der Waals surface area contributed by atoms with Crippen molar-refractivity contribution < 1.29 is 23.8 Å². The van der Waals surface area contributed by atoms with Crippen molar-refractivity contribution in [1.82, 2.24) is 10.2 Å². The second kappa shape index (κ2) is 7.04. The van der Waals surface area contributed by atoms with Gasteiger partial charge in [-0.25, -0.2) is 4.79 Å². The first-order chi connectivity index (χ1) is 11.1. The number of carbonyl (C=O) groups excluding carboxylic acids is 2. The molecule has 0 atom stereocenters. The van der Waals surface area contributed by atoms with Gasteiger partial charge in [-0.3, -0.25) is 9.69 Å². The Balaban J connectivity index is 2.44. The topological polar surface area (TPSA) is 77.1 Å². The summed E-state index contributed by atoms with van der Waals surface area (Å²) < 4.78 is 15.9. The van der Waals surface area contributed by atoms with Crippen molar-refractivity contribution in [2.45, 2.75) is 13.3 Å². The average molecular weight is 320 g/mol. The van der Waals surface area contributed by atoms with Crippen molar-refractivity contribution in [3.8, 4) is 17.2 Å². The highest BCUT2D eigenvalue weighted by Crippen LogP contribution is 2.40. The van der Waals surface area contributed by atoms with E-state index in [1.165, 1.54) is 26.2 Å². The van der Waals surface area contributed by atoms with E-state index in [0.29, 0.717) is 35.8 Å². The van der Waals surface area contributed by atoms with Crippen LogP contribution in [0.2, 0.25) is 0 Å². The van der Waals surface area contributed by atoms with Crippen molar-refractivity contribution in [3.05, 3.63) is 23.4 Å². The normalized spacial score (nSPS) is 15.8. The number of methoxy groups -OCH3 is 3. The van der Waals surface area contributed by atoms with Crippen LogP contribution in [0.4, 0.5) is 4.79 Å². The van der Waals surface area contributed by atoms with Gasteiger partial charge in [0.1, 0.15) is 5.70 Å². The number of rotatable bonds is 6. The third-order valence-electron chi connectivity index (χ3n) is 3.44. The lowest BCUT2D eigenvalue weighted by Gasteiger charge is -2.14. The maximum atomic E-state index is 12.3. The number of imide groups is 1. The summed E-state index contributed by atoms with van der Waals surface area (Å²) in [7, 11) is 4.53. The van der Waals surface area contributed by atoms with Gasteiger partial charge in [0.25, 0.3) is 5.91 Å². The molecule has 3 amide bonds. The number of nitrogens with one attached hydrogen (secondary N) is 1.